The minimum atomic E-state index is -0.0965. The summed E-state index contributed by atoms with van der Waals surface area (Å²) in [4.78, 5) is 24.8. The number of likely N-dealkylation sites (tertiary alicyclic amines) is 1. The molecule has 0 aliphatic carbocycles. The Morgan fingerprint density at radius 1 is 1.06 bits per heavy atom. The number of rotatable bonds is 7. The second-order valence-electron chi connectivity index (χ2n) is 7.66. The Labute approximate surface area is 182 Å². The maximum absolute atomic E-state index is 12.6. The van der Waals surface area contributed by atoms with E-state index >= 15 is 0 Å². The van der Waals surface area contributed by atoms with Gasteiger partial charge in [0.05, 0.1) is 18.9 Å². The Morgan fingerprint density at radius 2 is 1.81 bits per heavy atom. The lowest BCUT2D eigenvalue weighted by molar-refractivity contribution is -0.132. The van der Waals surface area contributed by atoms with E-state index in [0.717, 1.165) is 23.4 Å². The van der Waals surface area contributed by atoms with E-state index in [0.29, 0.717) is 24.7 Å². The van der Waals surface area contributed by atoms with Gasteiger partial charge in [0.25, 0.3) is 5.91 Å². The molecule has 2 aromatic carbocycles. The number of nitrogens with zero attached hydrogens (tertiary/aromatic N) is 4. The van der Waals surface area contributed by atoms with E-state index in [1.54, 1.807) is 17.3 Å². The average molecular weight is 418 g/mol. The molecule has 0 spiro atoms. The third kappa shape index (κ3) is 5.31. The molecule has 1 fully saturated rings. The van der Waals surface area contributed by atoms with E-state index in [-0.39, 0.29) is 18.6 Å². The minimum absolute atomic E-state index is 0.00727. The van der Waals surface area contributed by atoms with Crippen LogP contribution >= 0.6 is 0 Å². The summed E-state index contributed by atoms with van der Waals surface area (Å²) >= 11 is 0. The lowest BCUT2D eigenvalue weighted by Gasteiger charge is -2.18. The topological polar surface area (TPSA) is 67.8 Å². The Bertz CT molecular complexity index is 1010. The summed E-state index contributed by atoms with van der Waals surface area (Å²) < 4.78 is 11.6. The number of carbonyl (C=O) groups is 1. The van der Waals surface area contributed by atoms with Gasteiger partial charge in [0.1, 0.15) is 11.9 Å². The molecule has 0 saturated carbocycles. The van der Waals surface area contributed by atoms with E-state index in [2.05, 4.69) is 22.1 Å². The summed E-state index contributed by atoms with van der Waals surface area (Å²) in [7, 11) is 3.80. The van der Waals surface area contributed by atoms with Crippen molar-refractivity contribution >= 4 is 11.7 Å². The summed E-state index contributed by atoms with van der Waals surface area (Å²) in [6, 6.07) is 17.9. The third-order valence-electron chi connectivity index (χ3n) is 5.17. The first-order chi connectivity index (χ1) is 15.1. The SMILES string of the molecule is CN(C)c1cncc(OC2CCN(C(=O)COc3ccc(-c4ccccc4)cc3)C2)n1. The van der Waals surface area contributed by atoms with Gasteiger partial charge in [-0.25, -0.2) is 0 Å². The number of anilines is 1. The largest absolute Gasteiger partial charge is 0.484 e. The van der Waals surface area contributed by atoms with Crippen molar-refractivity contribution in [3.8, 4) is 22.8 Å². The number of amides is 1. The lowest BCUT2D eigenvalue weighted by atomic mass is 10.1. The summed E-state index contributed by atoms with van der Waals surface area (Å²) in [5, 5.41) is 0. The highest BCUT2D eigenvalue weighted by Gasteiger charge is 2.28. The highest BCUT2D eigenvalue weighted by molar-refractivity contribution is 5.78. The van der Waals surface area contributed by atoms with Gasteiger partial charge in [-0.1, -0.05) is 42.5 Å². The maximum atomic E-state index is 12.6. The molecule has 1 amide bonds. The summed E-state index contributed by atoms with van der Waals surface area (Å²) in [6.45, 7) is 1.16. The number of benzene rings is 2. The van der Waals surface area contributed by atoms with Crippen LogP contribution in [0, 0.1) is 0 Å². The van der Waals surface area contributed by atoms with Crippen LogP contribution in [0.1, 0.15) is 6.42 Å². The van der Waals surface area contributed by atoms with Crippen LogP contribution < -0.4 is 14.4 Å². The summed E-state index contributed by atoms with van der Waals surface area (Å²) in [6.07, 6.45) is 3.94. The summed E-state index contributed by atoms with van der Waals surface area (Å²) in [5.41, 5.74) is 2.26. The van der Waals surface area contributed by atoms with Crippen LogP contribution in [0.3, 0.4) is 0 Å². The average Bonchev–Trinajstić information content (AvgIpc) is 3.27. The highest BCUT2D eigenvalue weighted by atomic mass is 16.5. The van der Waals surface area contributed by atoms with E-state index in [1.807, 2.05) is 61.5 Å². The molecule has 7 nitrogen and oxygen atoms in total. The fourth-order valence-corrected chi connectivity index (χ4v) is 3.44. The third-order valence-corrected chi connectivity index (χ3v) is 5.17. The zero-order valence-electron chi connectivity index (χ0n) is 17.8. The standard InChI is InChI=1S/C24H26N4O3/c1-27(2)22-14-25-15-23(26-22)31-21-12-13-28(16-21)24(29)17-30-20-10-8-19(9-11-20)18-6-4-3-5-7-18/h3-11,14-15,21H,12-13,16-17H2,1-2H3. The number of carbonyl (C=O) groups excluding carboxylic acids is 1. The van der Waals surface area contributed by atoms with Crippen LogP contribution in [0.15, 0.2) is 67.0 Å². The van der Waals surface area contributed by atoms with Crippen LogP contribution in [0.4, 0.5) is 5.82 Å². The van der Waals surface area contributed by atoms with E-state index in [1.165, 1.54) is 0 Å². The Balaban J connectivity index is 1.26. The minimum Gasteiger partial charge on any atom is -0.484 e. The number of hydrogen-bond donors (Lipinski definition) is 0. The highest BCUT2D eigenvalue weighted by Crippen LogP contribution is 2.22. The maximum Gasteiger partial charge on any atom is 0.260 e. The molecule has 1 aromatic heterocycles. The fourth-order valence-electron chi connectivity index (χ4n) is 3.44. The normalized spacial score (nSPS) is 15.5. The molecule has 7 heteroatoms. The van der Waals surface area contributed by atoms with Gasteiger partial charge in [0, 0.05) is 27.1 Å². The van der Waals surface area contributed by atoms with Crippen molar-refractivity contribution < 1.29 is 14.3 Å². The predicted octanol–water partition coefficient (Wildman–Crippen LogP) is 3.27. The van der Waals surface area contributed by atoms with Crippen molar-refractivity contribution in [2.24, 2.45) is 0 Å². The Hall–Kier alpha value is -3.61. The summed E-state index contributed by atoms with van der Waals surface area (Å²) in [5.74, 6) is 1.83. The Kier molecular flexibility index (Phi) is 6.31. The van der Waals surface area contributed by atoms with E-state index in [4.69, 9.17) is 9.47 Å². The molecule has 1 atom stereocenters. The number of aromatic nitrogens is 2. The molecule has 1 saturated heterocycles. The molecular formula is C24H26N4O3. The monoisotopic (exact) mass is 418 g/mol. The molecule has 4 rings (SSSR count). The lowest BCUT2D eigenvalue weighted by Crippen LogP contribution is -2.34. The number of hydrogen-bond acceptors (Lipinski definition) is 6. The van der Waals surface area contributed by atoms with Gasteiger partial charge in [-0.3, -0.25) is 9.78 Å². The van der Waals surface area contributed by atoms with Crippen molar-refractivity contribution in [2.45, 2.75) is 12.5 Å². The second-order valence-corrected chi connectivity index (χ2v) is 7.66. The molecular weight excluding hydrogens is 392 g/mol. The molecule has 0 radical (unpaired) electrons. The first-order valence-corrected chi connectivity index (χ1v) is 10.3. The van der Waals surface area contributed by atoms with E-state index < -0.39 is 0 Å². The van der Waals surface area contributed by atoms with Crippen LogP contribution in [0.2, 0.25) is 0 Å². The molecule has 0 N–H and O–H groups in total. The van der Waals surface area contributed by atoms with Gasteiger partial charge in [0.2, 0.25) is 5.88 Å². The van der Waals surface area contributed by atoms with Crippen molar-refractivity contribution in [1.82, 2.24) is 14.9 Å². The Morgan fingerprint density at radius 3 is 2.55 bits per heavy atom. The molecule has 2 heterocycles. The zero-order chi connectivity index (χ0) is 21.6. The zero-order valence-corrected chi connectivity index (χ0v) is 17.8. The molecule has 1 aliphatic heterocycles. The van der Waals surface area contributed by atoms with Crippen molar-refractivity contribution in [3.05, 3.63) is 67.0 Å². The second kappa shape index (κ2) is 9.47. The number of ether oxygens (including phenoxy) is 2. The molecule has 0 bridgehead atoms. The van der Waals surface area contributed by atoms with Crippen molar-refractivity contribution in [1.29, 1.82) is 0 Å². The van der Waals surface area contributed by atoms with E-state index in [9.17, 15) is 4.79 Å². The van der Waals surface area contributed by atoms with Gasteiger partial charge in [-0.15, -0.1) is 0 Å². The van der Waals surface area contributed by atoms with Gasteiger partial charge in [0.15, 0.2) is 12.4 Å². The quantitative estimate of drug-likeness (QED) is 0.587. The predicted molar refractivity (Wildman–Crippen MR) is 119 cm³/mol. The van der Waals surface area contributed by atoms with Gasteiger partial charge >= 0.3 is 0 Å². The fraction of sp³-hybridized carbons (Fsp3) is 0.292. The van der Waals surface area contributed by atoms with Crippen LogP contribution in [0.25, 0.3) is 11.1 Å². The van der Waals surface area contributed by atoms with Crippen molar-refractivity contribution in [3.63, 3.8) is 0 Å². The van der Waals surface area contributed by atoms with Gasteiger partial charge in [-0.2, -0.15) is 4.98 Å². The van der Waals surface area contributed by atoms with Gasteiger partial charge in [-0.05, 0) is 23.3 Å². The molecule has 3 aromatic rings. The molecule has 1 aliphatic rings. The van der Waals surface area contributed by atoms with Crippen LogP contribution in [-0.2, 0) is 4.79 Å². The van der Waals surface area contributed by atoms with Crippen LogP contribution in [-0.4, -0.2) is 60.7 Å². The molecule has 1 unspecified atom stereocenters. The van der Waals surface area contributed by atoms with Gasteiger partial charge < -0.3 is 19.3 Å². The molecule has 160 valence electrons. The first kappa shape index (κ1) is 20.7. The molecule has 31 heavy (non-hydrogen) atoms. The smallest absolute Gasteiger partial charge is 0.260 e. The van der Waals surface area contributed by atoms with Crippen LogP contribution in [0.5, 0.6) is 11.6 Å². The first-order valence-electron chi connectivity index (χ1n) is 10.3. The van der Waals surface area contributed by atoms with Crippen molar-refractivity contribution in [2.75, 3.05) is 38.7 Å².